The van der Waals surface area contributed by atoms with Crippen LogP contribution in [0.4, 0.5) is 0 Å². The van der Waals surface area contributed by atoms with E-state index >= 15 is 0 Å². The standard InChI is InChI=1S/C29H33N3O3/c1-21(33)30-19-29(34)32-16-15-27(26(20-32)23-11-7-4-8-12-23)31-18-25-17-24(13-14-28(25)35-2)22-9-5-3-6-10-22/h3-14,17,26-27,31H,15-16,18-20H2,1-2H3,(H,30,33)/t26-,27-/m0/s1. The molecule has 4 rings (SSSR count). The van der Waals surface area contributed by atoms with E-state index in [2.05, 4.69) is 47.0 Å². The molecule has 0 unspecified atom stereocenters. The van der Waals surface area contributed by atoms with Gasteiger partial charge in [0.1, 0.15) is 5.75 Å². The number of benzene rings is 3. The number of hydrogen-bond acceptors (Lipinski definition) is 4. The van der Waals surface area contributed by atoms with Crippen LogP contribution in [-0.4, -0.2) is 49.5 Å². The summed E-state index contributed by atoms with van der Waals surface area (Å²) in [6.45, 7) is 3.40. The first-order valence-corrected chi connectivity index (χ1v) is 12.1. The fraction of sp³-hybridized carbons (Fsp3) is 0.310. The predicted molar refractivity (Wildman–Crippen MR) is 138 cm³/mol. The maximum absolute atomic E-state index is 12.7. The number of hydrogen-bond donors (Lipinski definition) is 2. The van der Waals surface area contributed by atoms with Gasteiger partial charge in [0.2, 0.25) is 11.8 Å². The molecule has 0 aromatic heterocycles. The van der Waals surface area contributed by atoms with Crippen LogP contribution in [0.15, 0.2) is 78.9 Å². The highest BCUT2D eigenvalue weighted by Gasteiger charge is 2.32. The Hall–Kier alpha value is -3.64. The van der Waals surface area contributed by atoms with Gasteiger partial charge in [-0.1, -0.05) is 66.7 Å². The van der Waals surface area contributed by atoms with Crippen LogP contribution in [0, 0.1) is 0 Å². The first-order chi connectivity index (χ1) is 17.0. The zero-order valence-electron chi connectivity index (χ0n) is 20.4. The van der Waals surface area contributed by atoms with Crippen molar-refractivity contribution in [2.45, 2.75) is 31.8 Å². The molecule has 1 heterocycles. The van der Waals surface area contributed by atoms with E-state index in [1.54, 1.807) is 7.11 Å². The average molecular weight is 472 g/mol. The fourth-order valence-corrected chi connectivity index (χ4v) is 4.74. The smallest absolute Gasteiger partial charge is 0.241 e. The number of amides is 2. The number of carbonyl (C=O) groups excluding carboxylic acids is 2. The quantitative estimate of drug-likeness (QED) is 0.522. The van der Waals surface area contributed by atoms with E-state index in [4.69, 9.17) is 4.74 Å². The normalized spacial score (nSPS) is 17.6. The predicted octanol–water partition coefficient (Wildman–Crippen LogP) is 3.97. The molecule has 0 bridgehead atoms. The second-order valence-corrected chi connectivity index (χ2v) is 8.94. The minimum absolute atomic E-state index is 0.0401. The van der Waals surface area contributed by atoms with Crippen molar-refractivity contribution in [2.75, 3.05) is 26.7 Å². The molecule has 1 fully saturated rings. The molecule has 6 nitrogen and oxygen atoms in total. The molecule has 35 heavy (non-hydrogen) atoms. The van der Waals surface area contributed by atoms with E-state index in [-0.39, 0.29) is 30.3 Å². The molecule has 3 aromatic carbocycles. The SMILES string of the molecule is COc1ccc(-c2ccccc2)cc1CN[C@H]1CCN(C(=O)CNC(C)=O)C[C@H]1c1ccccc1. The zero-order chi connectivity index (χ0) is 24.6. The summed E-state index contributed by atoms with van der Waals surface area (Å²) in [6.07, 6.45) is 0.825. The van der Waals surface area contributed by atoms with E-state index in [1.807, 2.05) is 47.4 Å². The largest absolute Gasteiger partial charge is 0.496 e. The maximum Gasteiger partial charge on any atom is 0.241 e. The molecule has 0 radical (unpaired) electrons. The van der Waals surface area contributed by atoms with Gasteiger partial charge in [-0.3, -0.25) is 9.59 Å². The maximum atomic E-state index is 12.7. The van der Waals surface area contributed by atoms with Crippen LogP contribution in [0.2, 0.25) is 0 Å². The topological polar surface area (TPSA) is 70.7 Å². The first kappa shape index (κ1) is 24.5. The lowest BCUT2D eigenvalue weighted by atomic mass is 9.85. The number of likely N-dealkylation sites (tertiary alicyclic amines) is 1. The number of ether oxygens (including phenoxy) is 1. The number of carbonyl (C=O) groups is 2. The lowest BCUT2D eigenvalue weighted by Gasteiger charge is -2.39. The van der Waals surface area contributed by atoms with Crippen LogP contribution in [0.25, 0.3) is 11.1 Å². The lowest BCUT2D eigenvalue weighted by molar-refractivity contribution is -0.133. The molecule has 0 spiro atoms. The van der Waals surface area contributed by atoms with Gasteiger partial charge in [-0.05, 0) is 35.2 Å². The van der Waals surface area contributed by atoms with Crippen LogP contribution < -0.4 is 15.4 Å². The molecule has 1 aliphatic rings. The average Bonchev–Trinajstić information content (AvgIpc) is 2.91. The van der Waals surface area contributed by atoms with Crippen molar-refractivity contribution in [3.05, 3.63) is 90.0 Å². The van der Waals surface area contributed by atoms with E-state index < -0.39 is 0 Å². The van der Waals surface area contributed by atoms with Gasteiger partial charge in [0, 0.05) is 44.1 Å². The molecule has 2 amide bonds. The van der Waals surface area contributed by atoms with E-state index in [0.29, 0.717) is 19.6 Å². The van der Waals surface area contributed by atoms with Gasteiger partial charge in [0.15, 0.2) is 0 Å². The molecule has 1 saturated heterocycles. The van der Waals surface area contributed by atoms with Crippen molar-refractivity contribution < 1.29 is 14.3 Å². The summed E-state index contributed by atoms with van der Waals surface area (Å²) in [7, 11) is 1.70. The highest BCUT2D eigenvalue weighted by Crippen LogP contribution is 2.30. The Morgan fingerprint density at radius 1 is 0.971 bits per heavy atom. The highest BCUT2D eigenvalue weighted by molar-refractivity contribution is 5.83. The highest BCUT2D eigenvalue weighted by atomic mass is 16.5. The summed E-state index contributed by atoms with van der Waals surface area (Å²) in [6, 6.07) is 27.2. The molecule has 0 aliphatic carbocycles. The van der Waals surface area contributed by atoms with Gasteiger partial charge in [-0.2, -0.15) is 0 Å². The zero-order valence-corrected chi connectivity index (χ0v) is 20.4. The third kappa shape index (κ3) is 6.28. The lowest BCUT2D eigenvalue weighted by Crippen LogP contribution is -2.51. The van der Waals surface area contributed by atoms with Crippen molar-refractivity contribution >= 4 is 11.8 Å². The number of nitrogens with zero attached hydrogens (tertiary/aromatic N) is 1. The van der Waals surface area contributed by atoms with E-state index in [1.165, 1.54) is 18.1 Å². The molecular weight excluding hydrogens is 438 g/mol. The third-order valence-electron chi connectivity index (χ3n) is 6.62. The Balaban J connectivity index is 1.51. The van der Waals surface area contributed by atoms with Crippen molar-refractivity contribution in [1.29, 1.82) is 0 Å². The summed E-state index contributed by atoms with van der Waals surface area (Å²) in [5.41, 5.74) is 4.63. The van der Waals surface area contributed by atoms with Crippen molar-refractivity contribution in [3.63, 3.8) is 0 Å². The Kier molecular flexibility index (Phi) is 8.16. The number of nitrogens with one attached hydrogen (secondary N) is 2. The van der Waals surface area contributed by atoms with Crippen molar-refractivity contribution in [1.82, 2.24) is 15.5 Å². The molecule has 0 saturated carbocycles. The van der Waals surface area contributed by atoms with E-state index in [9.17, 15) is 9.59 Å². The molecule has 3 aromatic rings. The van der Waals surface area contributed by atoms with E-state index in [0.717, 1.165) is 23.3 Å². The Bertz CT molecular complexity index is 1130. The minimum Gasteiger partial charge on any atom is -0.496 e. The Morgan fingerprint density at radius 2 is 1.69 bits per heavy atom. The second kappa shape index (κ2) is 11.7. The number of methoxy groups -OCH3 is 1. The molecule has 182 valence electrons. The molecule has 2 N–H and O–H groups in total. The second-order valence-electron chi connectivity index (χ2n) is 8.94. The van der Waals surface area contributed by atoms with Gasteiger partial charge < -0.3 is 20.3 Å². The number of rotatable bonds is 8. The van der Waals surface area contributed by atoms with Crippen LogP contribution in [0.5, 0.6) is 5.75 Å². The summed E-state index contributed by atoms with van der Waals surface area (Å²) < 4.78 is 5.65. The van der Waals surface area contributed by atoms with Gasteiger partial charge in [0.05, 0.1) is 13.7 Å². The van der Waals surface area contributed by atoms with Crippen LogP contribution in [-0.2, 0) is 16.1 Å². The summed E-state index contributed by atoms with van der Waals surface area (Å²) in [5.74, 6) is 0.767. The monoisotopic (exact) mass is 471 g/mol. The summed E-state index contributed by atoms with van der Waals surface area (Å²) in [5, 5.41) is 6.39. The molecule has 2 atom stereocenters. The Morgan fingerprint density at radius 3 is 2.37 bits per heavy atom. The van der Waals surface area contributed by atoms with Gasteiger partial charge in [0.25, 0.3) is 0 Å². The van der Waals surface area contributed by atoms with Gasteiger partial charge >= 0.3 is 0 Å². The van der Waals surface area contributed by atoms with Gasteiger partial charge in [-0.25, -0.2) is 0 Å². The Labute approximate surface area is 207 Å². The molecule has 6 heteroatoms. The van der Waals surface area contributed by atoms with Crippen LogP contribution in [0.1, 0.15) is 30.4 Å². The summed E-state index contributed by atoms with van der Waals surface area (Å²) >= 11 is 0. The van der Waals surface area contributed by atoms with Crippen LogP contribution in [0.3, 0.4) is 0 Å². The fourth-order valence-electron chi connectivity index (χ4n) is 4.74. The molecule has 1 aliphatic heterocycles. The first-order valence-electron chi connectivity index (χ1n) is 12.1. The molecular formula is C29H33N3O3. The van der Waals surface area contributed by atoms with Crippen molar-refractivity contribution in [3.8, 4) is 16.9 Å². The minimum atomic E-state index is -0.193. The van der Waals surface area contributed by atoms with Crippen molar-refractivity contribution in [2.24, 2.45) is 0 Å². The van der Waals surface area contributed by atoms with Gasteiger partial charge in [-0.15, -0.1) is 0 Å². The van der Waals surface area contributed by atoms with Crippen LogP contribution >= 0.6 is 0 Å². The third-order valence-corrected chi connectivity index (χ3v) is 6.62. The summed E-state index contributed by atoms with van der Waals surface area (Å²) in [4.78, 5) is 25.8. The number of piperidine rings is 1.